The van der Waals surface area contributed by atoms with Crippen LogP contribution < -0.4 is 9.47 Å². The number of fused-ring (bicyclic) bond motifs is 5. The summed E-state index contributed by atoms with van der Waals surface area (Å²) < 4.78 is 13.5. The van der Waals surface area contributed by atoms with E-state index >= 15 is 0 Å². The summed E-state index contributed by atoms with van der Waals surface area (Å²) in [5.41, 5.74) is -4.52. The third kappa shape index (κ3) is 3.94. The van der Waals surface area contributed by atoms with Crippen molar-refractivity contribution in [2.24, 2.45) is 29.1 Å². The number of aromatic carboxylic acids is 2. The molecule has 0 amide bonds. The Morgan fingerprint density at radius 3 is 1.98 bits per heavy atom. The summed E-state index contributed by atoms with van der Waals surface area (Å²) in [7, 11) is 0. The number of aliphatic hydroxyl groups is 3. The Bertz CT molecular complexity index is 1610. The van der Waals surface area contributed by atoms with Crippen LogP contribution in [0.3, 0.4) is 0 Å². The second-order valence-electron chi connectivity index (χ2n) is 13.2. The molecule has 10 heteroatoms. The van der Waals surface area contributed by atoms with Gasteiger partial charge in [0.05, 0.1) is 23.3 Å². The van der Waals surface area contributed by atoms with Crippen molar-refractivity contribution in [3.05, 3.63) is 83.0 Å². The largest absolute Gasteiger partial charge is 0.486 e. The molecule has 0 radical (unpaired) electrons. The highest BCUT2D eigenvalue weighted by Gasteiger charge is 2.87. The Morgan fingerprint density at radius 2 is 1.45 bits per heavy atom. The predicted octanol–water partition coefficient (Wildman–Crippen LogP) is 3.50. The maximum absolute atomic E-state index is 13.4. The van der Waals surface area contributed by atoms with Gasteiger partial charge in [0.15, 0.2) is 11.4 Å². The lowest BCUT2D eigenvalue weighted by Crippen LogP contribution is -2.67. The van der Waals surface area contributed by atoms with Crippen molar-refractivity contribution in [2.45, 2.75) is 57.0 Å². The van der Waals surface area contributed by atoms with Gasteiger partial charge in [-0.3, -0.25) is 4.79 Å². The molecule has 2 saturated carbocycles. The number of hydrogen-bond acceptors (Lipinski definition) is 8. The highest BCUT2D eigenvalue weighted by Crippen LogP contribution is 2.76. The van der Waals surface area contributed by atoms with Gasteiger partial charge >= 0.3 is 11.9 Å². The predicted molar refractivity (Wildman–Crippen MR) is 156 cm³/mol. The molecule has 0 spiro atoms. The van der Waals surface area contributed by atoms with Crippen molar-refractivity contribution >= 4 is 17.7 Å². The van der Waals surface area contributed by atoms with E-state index in [4.69, 9.17) is 9.47 Å². The molecule has 5 N–H and O–H groups in total. The molecule has 2 aromatic carbocycles. The first-order chi connectivity index (χ1) is 20.6. The maximum atomic E-state index is 13.4. The highest BCUT2D eigenvalue weighted by molar-refractivity contribution is 6.04. The number of ketones is 1. The fourth-order valence-corrected chi connectivity index (χ4v) is 8.51. The zero-order chi connectivity index (χ0) is 32.0. The van der Waals surface area contributed by atoms with Gasteiger partial charge in [-0.25, -0.2) is 9.59 Å². The average molecular weight is 605 g/mol. The summed E-state index contributed by atoms with van der Waals surface area (Å²) in [5.74, 6) is -4.83. The summed E-state index contributed by atoms with van der Waals surface area (Å²) in [6.45, 7) is 6.95. The van der Waals surface area contributed by atoms with Crippen LogP contribution >= 0.6 is 0 Å². The number of ether oxygens (including phenoxy) is 2. The maximum Gasteiger partial charge on any atom is 0.335 e. The SMILES string of the molecule is CC1=C[C@H]2[C@@]3(O)[C@H](C)[C@@H](Oc4ccc(C(=O)O)cc4)[C@]4(Oc5ccc(C(=O)O)cc5)[C@H]([C@@H]3C=C(CO)C[C@]2(O)C1=O)C4(C)C. The Balaban J connectivity index is 1.52. The quantitative estimate of drug-likeness (QED) is 0.295. The van der Waals surface area contributed by atoms with E-state index < -0.39 is 76.3 Å². The van der Waals surface area contributed by atoms with Crippen molar-refractivity contribution in [1.82, 2.24) is 0 Å². The molecular weight excluding hydrogens is 568 g/mol. The molecule has 8 atom stereocenters. The Kier molecular flexibility index (Phi) is 6.66. The number of carboxylic acid groups (broad SMARTS) is 2. The van der Waals surface area contributed by atoms with E-state index in [2.05, 4.69) is 0 Å². The van der Waals surface area contributed by atoms with Crippen LogP contribution in [0.25, 0.3) is 0 Å². The molecule has 44 heavy (non-hydrogen) atoms. The van der Waals surface area contributed by atoms with E-state index in [1.165, 1.54) is 36.4 Å². The van der Waals surface area contributed by atoms with Crippen LogP contribution in [0.2, 0.25) is 0 Å². The van der Waals surface area contributed by atoms with Gasteiger partial charge in [0, 0.05) is 35.5 Å². The first-order valence-corrected chi connectivity index (χ1v) is 14.6. The number of hydrogen-bond donors (Lipinski definition) is 5. The lowest BCUT2D eigenvalue weighted by molar-refractivity contribution is -0.200. The summed E-state index contributed by atoms with van der Waals surface area (Å²) in [6, 6.07) is 11.9. The van der Waals surface area contributed by atoms with Crippen molar-refractivity contribution in [3.8, 4) is 11.5 Å². The number of aliphatic hydroxyl groups excluding tert-OH is 1. The second kappa shape index (κ2) is 9.76. The van der Waals surface area contributed by atoms with Crippen LogP contribution in [-0.4, -0.2) is 72.8 Å². The summed E-state index contributed by atoms with van der Waals surface area (Å²) in [5, 5.41) is 54.0. The highest BCUT2D eigenvalue weighted by atomic mass is 16.6. The molecule has 0 unspecified atom stereocenters. The molecule has 2 fully saturated rings. The average Bonchev–Trinajstić information content (AvgIpc) is 3.41. The van der Waals surface area contributed by atoms with E-state index in [0.29, 0.717) is 22.6 Å². The van der Waals surface area contributed by atoms with Crippen LogP contribution in [0.4, 0.5) is 0 Å². The van der Waals surface area contributed by atoms with Crippen LogP contribution in [0, 0.1) is 29.1 Å². The Hall–Kier alpha value is -3.99. The van der Waals surface area contributed by atoms with Gasteiger partial charge < -0.3 is 35.0 Å². The van der Waals surface area contributed by atoms with E-state index in [0.717, 1.165) is 0 Å². The zero-order valence-corrected chi connectivity index (χ0v) is 24.9. The van der Waals surface area contributed by atoms with Crippen LogP contribution in [0.15, 0.2) is 71.8 Å². The van der Waals surface area contributed by atoms with Gasteiger partial charge in [-0.1, -0.05) is 32.9 Å². The molecule has 10 nitrogen and oxygen atoms in total. The van der Waals surface area contributed by atoms with Crippen molar-refractivity contribution < 1.29 is 49.4 Å². The first-order valence-electron chi connectivity index (χ1n) is 14.6. The third-order valence-electron chi connectivity index (χ3n) is 10.7. The summed E-state index contributed by atoms with van der Waals surface area (Å²) in [4.78, 5) is 36.3. The lowest BCUT2D eigenvalue weighted by Gasteiger charge is -2.53. The molecule has 2 aromatic rings. The number of carbonyl (C=O) groups excluding carboxylic acids is 1. The number of rotatable bonds is 7. The van der Waals surface area contributed by atoms with E-state index in [1.807, 2.05) is 13.8 Å². The molecule has 4 aliphatic rings. The Labute approximate surface area is 254 Å². The fourth-order valence-electron chi connectivity index (χ4n) is 8.51. The summed E-state index contributed by atoms with van der Waals surface area (Å²) >= 11 is 0. The van der Waals surface area contributed by atoms with Crippen molar-refractivity contribution in [1.29, 1.82) is 0 Å². The number of carboxylic acids is 2. The minimum absolute atomic E-state index is 0.0717. The monoisotopic (exact) mass is 604 g/mol. The molecule has 0 aromatic heterocycles. The second-order valence-corrected chi connectivity index (χ2v) is 13.2. The van der Waals surface area contributed by atoms with Gasteiger partial charge in [0.1, 0.15) is 23.2 Å². The standard InChI is InChI=1S/C34H36O10/c1-17-13-25-32(41,27(17)36)15-19(16-35)14-24-26-31(3,4)34(26,44-23-11-7-21(8-12-23)30(39)40)28(18(2)33(24,25)42)43-22-9-5-20(6-10-22)29(37)38/h5-14,18,24-26,28,35,41-42H,15-16H2,1-4H3,(H,37,38)(H,39,40)/t18-,24+,25-,26-,28-,32-,33-,34-/m1/s1. The molecule has 232 valence electrons. The minimum Gasteiger partial charge on any atom is -0.486 e. The van der Waals surface area contributed by atoms with E-state index in [-0.39, 0.29) is 17.5 Å². The molecule has 0 bridgehead atoms. The van der Waals surface area contributed by atoms with E-state index in [1.54, 1.807) is 38.1 Å². The normalized spacial score (nSPS) is 36.5. The molecule has 0 saturated heterocycles. The molecule has 6 rings (SSSR count). The van der Waals surface area contributed by atoms with E-state index in [9.17, 15) is 39.9 Å². The van der Waals surface area contributed by atoms with Gasteiger partial charge in [0.2, 0.25) is 0 Å². The van der Waals surface area contributed by atoms with Crippen LogP contribution in [-0.2, 0) is 4.79 Å². The number of carbonyl (C=O) groups is 3. The van der Waals surface area contributed by atoms with Gasteiger partial charge in [-0.2, -0.15) is 0 Å². The lowest BCUT2D eigenvalue weighted by atomic mass is 9.59. The first kappa shape index (κ1) is 30.1. The molecule has 0 aliphatic heterocycles. The fraction of sp³-hybridized carbons (Fsp3) is 0.441. The molecular formula is C34H36O10. The van der Waals surface area contributed by atoms with Gasteiger partial charge in [0.25, 0.3) is 0 Å². The van der Waals surface area contributed by atoms with Crippen molar-refractivity contribution in [2.75, 3.05) is 6.61 Å². The topological polar surface area (TPSA) is 171 Å². The number of benzene rings is 2. The van der Waals surface area contributed by atoms with Crippen molar-refractivity contribution in [3.63, 3.8) is 0 Å². The van der Waals surface area contributed by atoms with Crippen LogP contribution in [0.1, 0.15) is 54.8 Å². The van der Waals surface area contributed by atoms with Gasteiger partial charge in [-0.15, -0.1) is 0 Å². The summed E-state index contributed by atoms with van der Waals surface area (Å²) in [6.07, 6.45) is 2.40. The Morgan fingerprint density at radius 1 is 0.909 bits per heavy atom. The van der Waals surface area contributed by atoms with Crippen LogP contribution in [0.5, 0.6) is 11.5 Å². The third-order valence-corrected chi connectivity index (χ3v) is 10.7. The molecule has 0 heterocycles. The smallest absolute Gasteiger partial charge is 0.335 e. The van der Waals surface area contributed by atoms with Gasteiger partial charge in [-0.05, 0) is 66.6 Å². The minimum atomic E-state index is -1.96. The molecule has 4 aliphatic carbocycles. The number of Topliss-reactive ketones (excluding diaryl/α,β-unsaturated/α-hetero) is 1. The zero-order valence-electron chi connectivity index (χ0n) is 24.9.